The first kappa shape index (κ1) is 18.5. The highest BCUT2D eigenvalue weighted by atomic mass is 35.5. The first-order valence-corrected chi connectivity index (χ1v) is 10.1. The second-order valence-electron chi connectivity index (χ2n) is 5.14. The zero-order chi connectivity index (χ0) is 17.7. The Bertz CT molecular complexity index is 847. The van der Waals surface area contributed by atoms with E-state index >= 15 is 0 Å². The van der Waals surface area contributed by atoms with Crippen LogP contribution in [0.4, 0.5) is 5.69 Å². The van der Waals surface area contributed by atoms with E-state index < -0.39 is 10.0 Å². The van der Waals surface area contributed by atoms with Crippen molar-refractivity contribution in [3.63, 3.8) is 0 Å². The summed E-state index contributed by atoms with van der Waals surface area (Å²) in [5.41, 5.74) is 0.745. The van der Waals surface area contributed by atoms with Crippen molar-refractivity contribution in [2.75, 3.05) is 17.5 Å². The van der Waals surface area contributed by atoms with Crippen LogP contribution in [0.5, 0.6) is 0 Å². The van der Waals surface area contributed by atoms with Crippen LogP contribution in [0, 0.1) is 0 Å². The van der Waals surface area contributed by atoms with E-state index in [-0.39, 0.29) is 5.91 Å². The number of halogens is 1. The molecule has 128 valence electrons. The van der Waals surface area contributed by atoms with Crippen molar-refractivity contribution in [2.24, 2.45) is 0 Å². The molecule has 0 atom stereocenters. The molecule has 1 aromatic carbocycles. The number of hydrogen-bond donors (Lipinski definition) is 1. The fourth-order valence-corrected chi connectivity index (χ4v) is 3.77. The van der Waals surface area contributed by atoms with Crippen molar-refractivity contribution in [3.05, 3.63) is 63.8 Å². The summed E-state index contributed by atoms with van der Waals surface area (Å²) in [5, 5.41) is 0. The average molecular weight is 385 g/mol. The van der Waals surface area contributed by atoms with E-state index in [0.29, 0.717) is 28.7 Å². The molecule has 0 aliphatic rings. The third-order valence-electron chi connectivity index (χ3n) is 3.03. The molecular weight excluding hydrogens is 368 g/mol. The van der Waals surface area contributed by atoms with Crippen molar-refractivity contribution >= 4 is 44.6 Å². The molecule has 24 heavy (non-hydrogen) atoms. The van der Waals surface area contributed by atoms with Gasteiger partial charge < -0.3 is 4.90 Å². The van der Waals surface area contributed by atoms with Gasteiger partial charge in [0.25, 0.3) is 5.91 Å². The van der Waals surface area contributed by atoms with E-state index in [0.717, 1.165) is 11.1 Å². The third kappa shape index (κ3) is 5.36. The monoisotopic (exact) mass is 384 g/mol. The van der Waals surface area contributed by atoms with Crippen molar-refractivity contribution < 1.29 is 13.2 Å². The maximum Gasteiger partial charge on any atom is 0.254 e. The van der Waals surface area contributed by atoms with Crippen LogP contribution in [-0.4, -0.2) is 32.0 Å². The minimum absolute atomic E-state index is 0.212. The van der Waals surface area contributed by atoms with Gasteiger partial charge in [0, 0.05) is 22.7 Å². The molecule has 1 N–H and O–H groups in total. The highest BCUT2D eigenvalue weighted by Crippen LogP contribution is 2.23. The lowest BCUT2D eigenvalue weighted by Crippen LogP contribution is -2.30. The minimum Gasteiger partial charge on any atom is -0.330 e. The van der Waals surface area contributed by atoms with E-state index in [9.17, 15) is 13.2 Å². The van der Waals surface area contributed by atoms with Crippen LogP contribution < -0.4 is 4.72 Å². The van der Waals surface area contributed by atoms with Gasteiger partial charge in [0.15, 0.2) is 0 Å². The summed E-state index contributed by atoms with van der Waals surface area (Å²) in [5.74, 6) is -0.212. The van der Waals surface area contributed by atoms with E-state index in [2.05, 4.69) is 11.3 Å². The lowest BCUT2D eigenvalue weighted by Gasteiger charge is -2.21. The summed E-state index contributed by atoms with van der Waals surface area (Å²) in [6.07, 6.45) is 2.71. The van der Waals surface area contributed by atoms with Crippen LogP contribution in [0.2, 0.25) is 4.34 Å². The van der Waals surface area contributed by atoms with Crippen LogP contribution in [-0.2, 0) is 16.6 Å². The molecule has 5 nitrogen and oxygen atoms in total. The van der Waals surface area contributed by atoms with Gasteiger partial charge in [-0.15, -0.1) is 17.9 Å². The largest absolute Gasteiger partial charge is 0.330 e. The van der Waals surface area contributed by atoms with E-state index in [1.54, 1.807) is 35.2 Å². The maximum absolute atomic E-state index is 12.7. The molecule has 0 aliphatic carbocycles. The predicted octanol–water partition coefficient (Wildman–Crippen LogP) is 3.60. The average Bonchev–Trinajstić information content (AvgIpc) is 2.90. The van der Waals surface area contributed by atoms with Gasteiger partial charge in [-0.05, 0) is 30.3 Å². The molecular formula is C16H17ClN2O3S2. The Morgan fingerprint density at radius 2 is 2.12 bits per heavy atom. The number of hydrogen-bond acceptors (Lipinski definition) is 4. The molecule has 8 heteroatoms. The Balaban J connectivity index is 2.22. The second-order valence-corrected chi connectivity index (χ2v) is 8.68. The van der Waals surface area contributed by atoms with E-state index in [1.807, 2.05) is 6.07 Å². The third-order valence-corrected chi connectivity index (χ3v) is 4.85. The smallest absolute Gasteiger partial charge is 0.254 e. The standard InChI is InChI=1S/C16H17ClN2O3S2/c1-3-9-19(11-14-7-8-15(17)23-14)16(20)12-5-4-6-13(10-12)18-24(2,21)22/h3-8,10,18H,1,9,11H2,2H3. The Labute approximate surface area is 150 Å². The minimum atomic E-state index is -3.40. The lowest BCUT2D eigenvalue weighted by atomic mass is 10.1. The van der Waals surface area contributed by atoms with E-state index in [1.165, 1.54) is 17.4 Å². The van der Waals surface area contributed by atoms with Crippen LogP contribution >= 0.6 is 22.9 Å². The summed E-state index contributed by atoms with van der Waals surface area (Å²) in [4.78, 5) is 15.3. The quantitative estimate of drug-likeness (QED) is 0.741. The molecule has 0 radical (unpaired) electrons. The van der Waals surface area contributed by atoms with Crippen LogP contribution in [0.25, 0.3) is 0 Å². The van der Waals surface area contributed by atoms with Gasteiger partial charge in [-0.3, -0.25) is 9.52 Å². The Morgan fingerprint density at radius 3 is 2.71 bits per heavy atom. The van der Waals surface area contributed by atoms with Crippen molar-refractivity contribution in [2.45, 2.75) is 6.54 Å². The van der Waals surface area contributed by atoms with Gasteiger partial charge in [-0.25, -0.2) is 8.42 Å². The summed E-state index contributed by atoms with van der Waals surface area (Å²) in [6.45, 7) is 4.46. The molecule has 0 fully saturated rings. The number of benzene rings is 1. The second kappa shape index (κ2) is 7.83. The summed E-state index contributed by atoms with van der Waals surface area (Å²) in [7, 11) is -3.40. The molecule has 0 aliphatic heterocycles. The number of anilines is 1. The van der Waals surface area contributed by atoms with Crippen LogP contribution in [0.1, 0.15) is 15.2 Å². The van der Waals surface area contributed by atoms with E-state index in [4.69, 9.17) is 11.6 Å². The first-order valence-electron chi connectivity index (χ1n) is 7.01. The Kier molecular flexibility index (Phi) is 6.04. The number of sulfonamides is 1. The fraction of sp³-hybridized carbons (Fsp3) is 0.188. The molecule has 1 amide bonds. The van der Waals surface area contributed by atoms with Crippen molar-refractivity contribution in [1.29, 1.82) is 0 Å². The zero-order valence-electron chi connectivity index (χ0n) is 13.0. The molecule has 1 heterocycles. The topological polar surface area (TPSA) is 66.5 Å². The van der Waals surface area contributed by atoms with Gasteiger partial charge >= 0.3 is 0 Å². The van der Waals surface area contributed by atoms with Crippen LogP contribution in [0.15, 0.2) is 49.1 Å². The molecule has 0 spiro atoms. The molecule has 0 saturated carbocycles. The number of rotatable bonds is 7. The van der Waals surface area contributed by atoms with Crippen LogP contribution in [0.3, 0.4) is 0 Å². The fourth-order valence-electron chi connectivity index (χ4n) is 2.11. The molecule has 2 rings (SSSR count). The summed E-state index contributed by atoms with van der Waals surface area (Å²) < 4.78 is 25.7. The summed E-state index contributed by atoms with van der Waals surface area (Å²) in [6, 6.07) is 10.0. The zero-order valence-corrected chi connectivity index (χ0v) is 15.4. The Morgan fingerprint density at radius 1 is 1.38 bits per heavy atom. The van der Waals surface area contributed by atoms with Gasteiger partial charge in [-0.1, -0.05) is 23.7 Å². The lowest BCUT2D eigenvalue weighted by molar-refractivity contribution is 0.0764. The van der Waals surface area contributed by atoms with Gasteiger partial charge in [0.05, 0.1) is 17.1 Å². The van der Waals surface area contributed by atoms with Crippen molar-refractivity contribution in [1.82, 2.24) is 4.90 Å². The number of nitrogens with zero attached hydrogens (tertiary/aromatic N) is 1. The summed E-state index contributed by atoms with van der Waals surface area (Å²) >= 11 is 7.34. The normalized spacial score (nSPS) is 11.1. The number of nitrogens with one attached hydrogen (secondary N) is 1. The highest BCUT2D eigenvalue weighted by molar-refractivity contribution is 7.92. The molecule has 2 aromatic rings. The molecule has 0 bridgehead atoms. The number of carbonyl (C=O) groups is 1. The number of amides is 1. The van der Waals surface area contributed by atoms with Gasteiger partial charge in [0.2, 0.25) is 10.0 Å². The first-order chi connectivity index (χ1) is 11.3. The van der Waals surface area contributed by atoms with Gasteiger partial charge in [-0.2, -0.15) is 0 Å². The molecule has 0 saturated heterocycles. The molecule has 0 unspecified atom stereocenters. The van der Waals surface area contributed by atoms with Gasteiger partial charge in [0.1, 0.15) is 0 Å². The SMILES string of the molecule is C=CCN(Cc1ccc(Cl)s1)C(=O)c1cccc(NS(C)(=O)=O)c1. The van der Waals surface area contributed by atoms with Crippen molar-refractivity contribution in [3.8, 4) is 0 Å². The predicted molar refractivity (Wildman–Crippen MR) is 99.2 cm³/mol. The maximum atomic E-state index is 12.7. The molecule has 1 aromatic heterocycles. The number of carbonyl (C=O) groups excluding carboxylic acids is 1. The number of thiophene rings is 1. The Hall–Kier alpha value is -1.83. The highest BCUT2D eigenvalue weighted by Gasteiger charge is 2.17.